The first-order valence-corrected chi connectivity index (χ1v) is 6.55. The van der Waals surface area contributed by atoms with E-state index in [-0.39, 0.29) is 0 Å². The van der Waals surface area contributed by atoms with Crippen molar-refractivity contribution in [3.8, 4) is 17.6 Å². The van der Waals surface area contributed by atoms with E-state index in [1.54, 1.807) is 0 Å². The Morgan fingerprint density at radius 1 is 1.39 bits per heavy atom. The molecule has 1 N–H and O–H groups in total. The third-order valence-electron chi connectivity index (χ3n) is 2.38. The van der Waals surface area contributed by atoms with Crippen LogP contribution in [-0.2, 0) is 6.54 Å². The minimum atomic E-state index is 0.433. The fourth-order valence-corrected chi connectivity index (χ4v) is 1.67. The third-order valence-corrected chi connectivity index (χ3v) is 2.62. The van der Waals surface area contributed by atoms with Gasteiger partial charge in [-0.25, -0.2) is 0 Å². The highest BCUT2D eigenvalue weighted by atomic mass is 35.5. The minimum absolute atomic E-state index is 0.433. The molecule has 18 heavy (non-hydrogen) atoms. The predicted octanol–water partition coefficient (Wildman–Crippen LogP) is 3.63. The van der Waals surface area contributed by atoms with Gasteiger partial charge >= 0.3 is 0 Å². The Morgan fingerprint density at radius 3 is 2.83 bits per heavy atom. The maximum atomic E-state index is 6.01. The van der Waals surface area contributed by atoms with Crippen LogP contribution in [0, 0.1) is 11.8 Å². The van der Waals surface area contributed by atoms with Crippen molar-refractivity contribution in [2.24, 2.45) is 0 Å². The second-order valence-corrected chi connectivity index (χ2v) is 4.75. The number of hydrogen-bond acceptors (Lipinski definition) is 2. The Hall–Kier alpha value is -1.17. The van der Waals surface area contributed by atoms with Crippen LogP contribution in [0.3, 0.4) is 0 Å². The van der Waals surface area contributed by atoms with Gasteiger partial charge in [-0.05, 0) is 25.1 Å². The summed E-state index contributed by atoms with van der Waals surface area (Å²) < 4.78 is 5.73. The van der Waals surface area contributed by atoms with Crippen LogP contribution in [0.2, 0.25) is 5.02 Å². The zero-order valence-electron chi connectivity index (χ0n) is 11.2. The molecular weight excluding hydrogens is 246 g/mol. The quantitative estimate of drug-likeness (QED) is 0.626. The second-order valence-electron chi connectivity index (χ2n) is 4.31. The van der Waals surface area contributed by atoms with E-state index in [9.17, 15) is 0 Å². The number of ether oxygens (including phenoxy) is 1. The number of benzene rings is 1. The highest BCUT2D eigenvalue weighted by molar-refractivity contribution is 6.30. The summed E-state index contributed by atoms with van der Waals surface area (Å²) in [5, 5.41) is 4.10. The minimum Gasteiger partial charge on any atom is -0.492 e. The first-order valence-electron chi connectivity index (χ1n) is 6.17. The molecule has 3 heteroatoms. The fraction of sp³-hybridized carbons (Fsp3) is 0.467. The highest BCUT2D eigenvalue weighted by Crippen LogP contribution is 2.23. The molecule has 98 valence electrons. The van der Waals surface area contributed by atoms with Gasteiger partial charge in [0.05, 0.1) is 6.61 Å². The molecule has 1 aromatic rings. The van der Waals surface area contributed by atoms with Gasteiger partial charge < -0.3 is 10.1 Å². The van der Waals surface area contributed by atoms with Crippen molar-refractivity contribution < 1.29 is 4.74 Å². The van der Waals surface area contributed by atoms with Gasteiger partial charge in [0.15, 0.2) is 0 Å². The van der Waals surface area contributed by atoms with Crippen LogP contribution < -0.4 is 10.1 Å². The van der Waals surface area contributed by atoms with E-state index in [1.807, 2.05) is 25.1 Å². The van der Waals surface area contributed by atoms with E-state index in [2.05, 4.69) is 31.0 Å². The van der Waals surface area contributed by atoms with E-state index in [0.29, 0.717) is 12.6 Å². The van der Waals surface area contributed by atoms with Crippen molar-refractivity contribution in [3.05, 3.63) is 28.8 Å². The van der Waals surface area contributed by atoms with Gasteiger partial charge in [0.1, 0.15) is 5.75 Å². The number of rotatable bonds is 6. The van der Waals surface area contributed by atoms with Gasteiger partial charge in [-0.3, -0.25) is 0 Å². The highest BCUT2D eigenvalue weighted by Gasteiger charge is 2.05. The van der Waals surface area contributed by atoms with Crippen molar-refractivity contribution >= 4 is 11.6 Å². The van der Waals surface area contributed by atoms with Crippen molar-refractivity contribution in [3.63, 3.8) is 0 Å². The molecule has 0 amide bonds. The van der Waals surface area contributed by atoms with Crippen molar-refractivity contribution in [2.45, 2.75) is 39.8 Å². The molecule has 2 nitrogen and oxygen atoms in total. The van der Waals surface area contributed by atoms with Crippen LogP contribution in [-0.4, -0.2) is 12.6 Å². The maximum absolute atomic E-state index is 6.01. The lowest BCUT2D eigenvalue weighted by Crippen LogP contribution is -2.22. The molecule has 0 aliphatic carbocycles. The van der Waals surface area contributed by atoms with Gasteiger partial charge in [0, 0.05) is 29.6 Å². The Kier molecular flexibility index (Phi) is 6.64. The lowest BCUT2D eigenvalue weighted by molar-refractivity contribution is 0.322. The van der Waals surface area contributed by atoms with Gasteiger partial charge in [-0.1, -0.05) is 25.4 Å². The average Bonchev–Trinajstić information content (AvgIpc) is 2.34. The topological polar surface area (TPSA) is 21.3 Å². The SMILES string of the molecule is CC#CCCOc1ccc(Cl)cc1CNC(C)C. The summed E-state index contributed by atoms with van der Waals surface area (Å²) in [4.78, 5) is 0. The maximum Gasteiger partial charge on any atom is 0.123 e. The third kappa shape index (κ3) is 5.44. The number of hydrogen-bond donors (Lipinski definition) is 1. The van der Waals surface area contributed by atoms with Crippen LogP contribution in [0.4, 0.5) is 0 Å². The van der Waals surface area contributed by atoms with E-state index in [4.69, 9.17) is 16.3 Å². The summed E-state index contributed by atoms with van der Waals surface area (Å²) in [7, 11) is 0. The van der Waals surface area contributed by atoms with Crippen LogP contribution >= 0.6 is 11.6 Å². The number of halogens is 1. The van der Waals surface area contributed by atoms with Crippen LogP contribution in [0.25, 0.3) is 0 Å². The summed E-state index contributed by atoms with van der Waals surface area (Å²) in [5.41, 5.74) is 1.08. The Labute approximate surface area is 115 Å². The summed E-state index contributed by atoms with van der Waals surface area (Å²) in [6.07, 6.45) is 0.746. The molecule has 0 bridgehead atoms. The molecule has 0 aliphatic heterocycles. The summed E-state index contributed by atoms with van der Waals surface area (Å²) >= 11 is 6.01. The van der Waals surface area contributed by atoms with Crippen LogP contribution in [0.5, 0.6) is 5.75 Å². The van der Waals surface area contributed by atoms with E-state index >= 15 is 0 Å². The molecular formula is C15H20ClNO. The molecule has 0 aromatic heterocycles. The standard InChI is InChI=1S/C15H20ClNO/c1-4-5-6-9-18-15-8-7-14(16)10-13(15)11-17-12(2)3/h7-8,10,12,17H,6,9,11H2,1-3H3. The largest absolute Gasteiger partial charge is 0.492 e. The predicted molar refractivity (Wildman–Crippen MR) is 77.0 cm³/mol. The van der Waals surface area contributed by atoms with Gasteiger partial charge in [0.25, 0.3) is 0 Å². The molecule has 0 radical (unpaired) electrons. The Morgan fingerprint density at radius 2 is 2.17 bits per heavy atom. The van der Waals surface area contributed by atoms with Crippen LogP contribution in [0.1, 0.15) is 32.8 Å². The number of nitrogens with one attached hydrogen (secondary N) is 1. The van der Waals surface area contributed by atoms with Crippen molar-refractivity contribution in [1.82, 2.24) is 5.32 Å². The van der Waals surface area contributed by atoms with Crippen molar-refractivity contribution in [1.29, 1.82) is 0 Å². The van der Waals surface area contributed by atoms with Crippen LogP contribution in [0.15, 0.2) is 18.2 Å². The molecule has 0 saturated heterocycles. The lowest BCUT2D eigenvalue weighted by Gasteiger charge is -2.13. The first-order chi connectivity index (χ1) is 8.63. The summed E-state index contributed by atoms with van der Waals surface area (Å²) in [6.45, 7) is 7.42. The molecule has 0 atom stereocenters. The molecule has 0 spiro atoms. The summed E-state index contributed by atoms with van der Waals surface area (Å²) in [5.74, 6) is 6.72. The Bertz CT molecular complexity index is 432. The normalized spacial score (nSPS) is 10.1. The second kappa shape index (κ2) is 8.02. The van der Waals surface area contributed by atoms with E-state index < -0.39 is 0 Å². The molecule has 0 heterocycles. The lowest BCUT2D eigenvalue weighted by atomic mass is 10.2. The molecule has 0 unspecified atom stereocenters. The van der Waals surface area contributed by atoms with E-state index in [1.165, 1.54) is 0 Å². The first kappa shape index (κ1) is 14.9. The van der Waals surface area contributed by atoms with Gasteiger partial charge in [-0.2, -0.15) is 0 Å². The van der Waals surface area contributed by atoms with Gasteiger partial charge in [0.2, 0.25) is 0 Å². The summed E-state index contributed by atoms with van der Waals surface area (Å²) in [6, 6.07) is 6.14. The molecule has 0 saturated carbocycles. The van der Waals surface area contributed by atoms with E-state index in [0.717, 1.165) is 29.3 Å². The monoisotopic (exact) mass is 265 g/mol. The molecule has 1 rings (SSSR count). The molecule has 0 fully saturated rings. The molecule has 1 aromatic carbocycles. The molecule has 0 aliphatic rings. The van der Waals surface area contributed by atoms with Crippen molar-refractivity contribution in [2.75, 3.05) is 6.61 Å². The smallest absolute Gasteiger partial charge is 0.123 e. The average molecular weight is 266 g/mol. The van der Waals surface area contributed by atoms with Gasteiger partial charge in [-0.15, -0.1) is 11.8 Å². The Balaban J connectivity index is 2.65. The zero-order chi connectivity index (χ0) is 13.4. The zero-order valence-corrected chi connectivity index (χ0v) is 12.0. The fourth-order valence-electron chi connectivity index (χ4n) is 1.48.